The molecule has 36 heavy (non-hydrogen) atoms. The van der Waals surface area contributed by atoms with Crippen LogP contribution in [0.4, 0.5) is 0 Å². The number of nitrogens with one attached hydrogen (secondary N) is 1. The first-order valence-corrected chi connectivity index (χ1v) is 13.1. The van der Waals surface area contributed by atoms with Gasteiger partial charge in [0.15, 0.2) is 0 Å². The minimum absolute atomic E-state index is 0.0404. The summed E-state index contributed by atoms with van der Waals surface area (Å²) in [6.07, 6.45) is 8.43. The lowest BCUT2D eigenvalue weighted by molar-refractivity contribution is -0.121. The second-order valence-electron chi connectivity index (χ2n) is 9.92. The van der Waals surface area contributed by atoms with Gasteiger partial charge >= 0.3 is 0 Å². The fraction of sp³-hybridized carbons (Fsp3) is 0.433. The predicted molar refractivity (Wildman–Crippen MR) is 142 cm³/mol. The van der Waals surface area contributed by atoms with Crippen LogP contribution in [0.1, 0.15) is 83.4 Å². The molecule has 1 atom stereocenters. The fourth-order valence-corrected chi connectivity index (χ4v) is 5.14. The molecule has 2 aromatic heterocycles. The number of benzene rings is 1. The molecule has 2 heterocycles. The van der Waals surface area contributed by atoms with E-state index in [4.69, 9.17) is 9.97 Å². The van der Waals surface area contributed by atoms with E-state index in [1.54, 1.807) is 0 Å². The van der Waals surface area contributed by atoms with Gasteiger partial charge in [-0.1, -0.05) is 37.3 Å². The van der Waals surface area contributed by atoms with E-state index in [0.29, 0.717) is 26.1 Å². The van der Waals surface area contributed by atoms with Crippen molar-refractivity contribution in [1.29, 1.82) is 0 Å². The number of hydrogen-bond acceptors (Lipinski definition) is 5. The minimum Gasteiger partial charge on any atom is -0.392 e. The molecule has 1 amide bonds. The molecule has 0 unspecified atom stereocenters. The van der Waals surface area contributed by atoms with E-state index in [-0.39, 0.29) is 18.6 Å². The molecule has 190 valence electrons. The normalized spacial score (nSPS) is 15.1. The molecule has 6 nitrogen and oxygen atoms in total. The summed E-state index contributed by atoms with van der Waals surface area (Å²) >= 11 is 0. The standard InChI is InChI=1S/C30H38N4O2/c1-4-7-29(36)33-17-23-11-12-25(26(15-23)20-35)18-34(19-27-22(3)14-21(2)16-32-27)28-10-5-8-24-9-6-13-31-30(24)28/h6,9,11-16,28,35H,4-5,7-8,10,17-20H2,1-3H3,(H,33,36)/t28-/m0/s1. The third kappa shape index (κ3) is 6.37. The molecule has 0 radical (unpaired) electrons. The molecule has 1 aliphatic rings. The van der Waals surface area contributed by atoms with Crippen molar-refractivity contribution in [1.82, 2.24) is 20.2 Å². The molecule has 0 saturated heterocycles. The maximum Gasteiger partial charge on any atom is 0.220 e. The highest BCUT2D eigenvalue weighted by Crippen LogP contribution is 2.35. The number of hydrogen-bond donors (Lipinski definition) is 2. The summed E-state index contributed by atoms with van der Waals surface area (Å²) in [5, 5.41) is 13.2. The molecule has 0 fully saturated rings. The van der Waals surface area contributed by atoms with Crippen LogP contribution >= 0.6 is 0 Å². The van der Waals surface area contributed by atoms with Crippen LogP contribution in [-0.4, -0.2) is 25.9 Å². The van der Waals surface area contributed by atoms with Crippen molar-refractivity contribution in [2.75, 3.05) is 0 Å². The Bertz CT molecular complexity index is 1190. The van der Waals surface area contributed by atoms with E-state index in [1.165, 1.54) is 11.1 Å². The van der Waals surface area contributed by atoms with E-state index in [0.717, 1.165) is 59.3 Å². The van der Waals surface area contributed by atoms with Crippen LogP contribution < -0.4 is 5.32 Å². The Morgan fingerprint density at radius 1 is 1.14 bits per heavy atom. The molecule has 0 aliphatic heterocycles. The molecular weight excluding hydrogens is 448 g/mol. The smallest absolute Gasteiger partial charge is 0.220 e. The summed E-state index contributed by atoms with van der Waals surface area (Å²) < 4.78 is 0. The van der Waals surface area contributed by atoms with E-state index in [2.05, 4.69) is 48.3 Å². The van der Waals surface area contributed by atoms with Gasteiger partial charge in [-0.15, -0.1) is 0 Å². The van der Waals surface area contributed by atoms with Crippen LogP contribution in [0, 0.1) is 13.8 Å². The van der Waals surface area contributed by atoms with Crippen molar-refractivity contribution in [3.05, 3.63) is 93.6 Å². The average molecular weight is 487 g/mol. The summed E-state index contributed by atoms with van der Waals surface area (Å²) in [5.74, 6) is 0.0581. The molecule has 0 saturated carbocycles. The number of aliphatic hydroxyl groups excluding tert-OH is 1. The highest BCUT2D eigenvalue weighted by atomic mass is 16.3. The van der Waals surface area contributed by atoms with E-state index in [9.17, 15) is 9.90 Å². The summed E-state index contributed by atoms with van der Waals surface area (Å²) in [6.45, 7) is 8.03. The summed E-state index contributed by atoms with van der Waals surface area (Å²) in [6, 6.07) is 12.8. The van der Waals surface area contributed by atoms with Gasteiger partial charge in [-0.2, -0.15) is 0 Å². The fourth-order valence-electron chi connectivity index (χ4n) is 5.14. The zero-order valence-electron chi connectivity index (χ0n) is 21.8. The first-order chi connectivity index (χ1) is 17.5. The number of amides is 1. The number of nitrogens with zero attached hydrogens (tertiary/aromatic N) is 3. The first-order valence-electron chi connectivity index (χ1n) is 13.1. The Balaban J connectivity index is 1.62. The maximum absolute atomic E-state index is 11.9. The predicted octanol–water partition coefficient (Wildman–Crippen LogP) is 5.08. The van der Waals surface area contributed by atoms with Crippen LogP contribution in [0.15, 0.2) is 48.8 Å². The van der Waals surface area contributed by atoms with Crippen molar-refractivity contribution in [2.45, 2.75) is 85.2 Å². The Morgan fingerprint density at radius 2 is 2.00 bits per heavy atom. The van der Waals surface area contributed by atoms with Crippen LogP contribution in [-0.2, 0) is 37.5 Å². The molecular formula is C30H38N4O2. The molecule has 6 heteroatoms. The first kappa shape index (κ1) is 26.0. The monoisotopic (exact) mass is 486 g/mol. The van der Waals surface area contributed by atoms with Crippen molar-refractivity contribution < 1.29 is 9.90 Å². The van der Waals surface area contributed by atoms with Crippen molar-refractivity contribution in [3.8, 4) is 0 Å². The Hall–Kier alpha value is -3.09. The molecule has 2 N–H and O–H groups in total. The third-order valence-electron chi connectivity index (χ3n) is 7.06. The van der Waals surface area contributed by atoms with E-state index in [1.807, 2.05) is 31.5 Å². The summed E-state index contributed by atoms with van der Waals surface area (Å²) in [4.78, 5) is 23.9. The lowest BCUT2D eigenvalue weighted by atomic mass is 9.90. The Labute approximate surface area is 214 Å². The molecule has 1 aliphatic carbocycles. The number of aryl methyl sites for hydroxylation is 3. The second kappa shape index (κ2) is 12.2. The number of carbonyl (C=O) groups excluding carboxylic acids is 1. The van der Waals surface area contributed by atoms with Crippen molar-refractivity contribution >= 4 is 5.91 Å². The van der Waals surface area contributed by atoms with Crippen LogP contribution in [0.5, 0.6) is 0 Å². The van der Waals surface area contributed by atoms with Crippen molar-refractivity contribution in [2.24, 2.45) is 0 Å². The lowest BCUT2D eigenvalue weighted by Crippen LogP contribution is -2.32. The third-order valence-corrected chi connectivity index (χ3v) is 7.06. The Morgan fingerprint density at radius 3 is 2.78 bits per heavy atom. The van der Waals surface area contributed by atoms with Crippen molar-refractivity contribution in [3.63, 3.8) is 0 Å². The largest absolute Gasteiger partial charge is 0.392 e. The number of rotatable bonds is 10. The summed E-state index contributed by atoms with van der Waals surface area (Å²) in [7, 11) is 0. The van der Waals surface area contributed by atoms with Gasteiger partial charge in [0, 0.05) is 38.4 Å². The van der Waals surface area contributed by atoms with E-state index >= 15 is 0 Å². The zero-order valence-corrected chi connectivity index (χ0v) is 21.8. The van der Waals surface area contributed by atoms with Gasteiger partial charge in [0.25, 0.3) is 0 Å². The summed E-state index contributed by atoms with van der Waals surface area (Å²) in [5.41, 5.74) is 8.90. The second-order valence-corrected chi connectivity index (χ2v) is 9.92. The molecule has 3 aromatic rings. The minimum atomic E-state index is -0.0404. The van der Waals surface area contributed by atoms with Gasteiger partial charge in [0.2, 0.25) is 5.91 Å². The average Bonchev–Trinajstić information content (AvgIpc) is 2.89. The lowest BCUT2D eigenvalue weighted by Gasteiger charge is -2.35. The number of aromatic nitrogens is 2. The number of fused-ring (bicyclic) bond motifs is 1. The number of carbonyl (C=O) groups is 1. The SMILES string of the molecule is CCCC(=O)NCc1ccc(CN(Cc2ncc(C)cc2C)[C@H]2CCCc3cccnc32)c(CO)c1. The van der Waals surface area contributed by atoms with Crippen LogP contribution in [0.25, 0.3) is 0 Å². The van der Waals surface area contributed by atoms with Gasteiger partial charge in [-0.05, 0) is 79.0 Å². The van der Waals surface area contributed by atoms with Crippen LogP contribution in [0.2, 0.25) is 0 Å². The highest BCUT2D eigenvalue weighted by Gasteiger charge is 2.28. The zero-order chi connectivity index (χ0) is 25.5. The van der Waals surface area contributed by atoms with Gasteiger partial charge in [0.05, 0.1) is 24.0 Å². The topological polar surface area (TPSA) is 78.4 Å². The Kier molecular flexibility index (Phi) is 8.83. The van der Waals surface area contributed by atoms with Gasteiger partial charge in [-0.25, -0.2) is 0 Å². The van der Waals surface area contributed by atoms with Gasteiger partial charge in [0.1, 0.15) is 0 Å². The highest BCUT2D eigenvalue weighted by molar-refractivity contribution is 5.75. The molecule has 0 bridgehead atoms. The maximum atomic E-state index is 11.9. The molecule has 4 rings (SSSR count). The molecule has 0 spiro atoms. The van der Waals surface area contributed by atoms with Gasteiger partial charge < -0.3 is 10.4 Å². The van der Waals surface area contributed by atoms with E-state index < -0.39 is 0 Å². The quantitative estimate of drug-likeness (QED) is 0.418. The number of pyridine rings is 2. The van der Waals surface area contributed by atoms with Crippen LogP contribution in [0.3, 0.4) is 0 Å². The molecule has 1 aromatic carbocycles. The van der Waals surface area contributed by atoms with Gasteiger partial charge in [-0.3, -0.25) is 19.7 Å². The number of aliphatic hydroxyl groups is 1.